The molecule has 2 amide bonds. The van der Waals surface area contributed by atoms with Gasteiger partial charge >= 0.3 is 6.03 Å². The van der Waals surface area contributed by atoms with Crippen LogP contribution in [-0.2, 0) is 17.1 Å². The summed E-state index contributed by atoms with van der Waals surface area (Å²) in [6.45, 7) is 1.64. The molecule has 0 spiro atoms. The molecule has 9 nitrogen and oxygen atoms in total. The Morgan fingerprint density at radius 3 is 2.23 bits per heavy atom. The quantitative estimate of drug-likeness (QED) is 0.374. The number of anilines is 3. The van der Waals surface area contributed by atoms with Crippen LogP contribution in [0.15, 0.2) is 88.6 Å². The van der Waals surface area contributed by atoms with E-state index in [0.29, 0.717) is 17.1 Å². The molecule has 1 heterocycles. The second kappa shape index (κ2) is 9.47. The predicted octanol–water partition coefficient (Wildman–Crippen LogP) is 4.07. The van der Waals surface area contributed by atoms with Gasteiger partial charge in [0.1, 0.15) is 11.5 Å². The Morgan fingerprint density at radius 2 is 1.54 bits per heavy atom. The topological polar surface area (TPSA) is 114 Å². The molecule has 1 aromatic heterocycles. The Kier molecular flexibility index (Phi) is 6.43. The van der Waals surface area contributed by atoms with E-state index in [1.54, 1.807) is 42.9 Å². The van der Waals surface area contributed by atoms with Gasteiger partial charge in [0.2, 0.25) is 0 Å². The molecule has 0 aliphatic heterocycles. The number of amides is 2. The van der Waals surface area contributed by atoms with Crippen LogP contribution in [-0.4, -0.2) is 23.8 Å². The number of hydrogen-bond acceptors (Lipinski definition) is 4. The van der Waals surface area contributed by atoms with Gasteiger partial charge in [-0.15, -0.1) is 0 Å². The summed E-state index contributed by atoms with van der Waals surface area (Å²) >= 11 is 0. The maximum absolute atomic E-state index is 13.1. The summed E-state index contributed by atoms with van der Waals surface area (Å²) in [4.78, 5) is 25.2. The molecule has 0 fully saturated rings. The minimum Gasteiger partial charge on any atom is -0.308 e. The van der Waals surface area contributed by atoms with Crippen molar-refractivity contribution in [3.63, 3.8) is 0 Å². The first-order chi connectivity index (χ1) is 16.7. The first kappa shape index (κ1) is 23.8. The van der Waals surface area contributed by atoms with Crippen LogP contribution in [0.1, 0.15) is 5.69 Å². The molecular weight excluding hydrogens is 473 g/mol. The lowest BCUT2D eigenvalue weighted by Gasteiger charge is -2.10. The summed E-state index contributed by atoms with van der Waals surface area (Å²) in [6.07, 6.45) is 0. The highest BCUT2D eigenvalue weighted by Crippen LogP contribution is 2.21. The Labute approximate surface area is 200 Å². The Balaban J connectivity index is 1.56. The first-order valence-corrected chi connectivity index (χ1v) is 11.9. The van der Waals surface area contributed by atoms with E-state index >= 15 is 0 Å². The molecule has 3 N–H and O–H groups in total. The smallest absolute Gasteiger partial charge is 0.308 e. The Hall–Kier alpha value is -4.38. The van der Waals surface area contributed by atoms with Crippen LogP contribution in [0.2, 0.25) is 0 Å². The van der Waals surface area contributed by atoms with Crippen molar-refractivity contribution in [1.82, 2.24) is 9.36 Å². The van der Waals surface area contributed by atoms with Crippen molar-refractivity contribution in [3.8, 4) is 5.69 Å². The predicted molar refractivity (Wildman–Crippen MR) is 132 cm³/mol. The SMILES string of the molecule is Cc1c(NS(=O)(=O)c2cccc(NC(=O)Nc3ccc(F)cc3)c2)c(=O)n(-c2ccccc2)n1C. The summed E-state index contributed by atoms with van der Waals surface area (Å²) in [5, 5.41) is 5.06. The van der Waals surface area contributed by atoms with Gasteiger partial charge in [-0.25, -0.2) is 22.3 Å². The number of nitrogens with one attached hydrogen (secondary N) is 3. The number of carbonyl (C=O) groups excluding carboxylic acids is 1. The Bertz CT molecular complexity index is 1550. The summed E-state index contributed by atoms with van der Waals surface area (Å²) in [6, 6.07) is 19.0. The molecule has 35 heavy (non-hydrogen) atoms. The highest BCUT2D eigenvalue weighted by atomic mass is 32.2. The van der Waals surface area contributed by atoms with E-state index in [1.807, 2.05) is 6.07 Å². The minimum absolute atomic E-state index is 0.0798. The highest BCUT2D eigenvalue weighted by Gasteiger charge is 2.23. The standard InChI is InChI=1S/C24H22FN5O4S/c1-16-22(23(31)30(29(16)2)20-8-4-3-5-9-20)28-35(33,34)21-10-6-7-19(15-21)27-24(32)26-18-13-11-17(25)12-14-18/h3-15,28H,1-2H3,(H2,26,27,32). The lowest BCUT2D eigenvalue weighted by Crippen LogP contribution is -2.23. The molecule has 180 valence electrons. The van der Waals surface area contributed by atoms with E-state index in [9.17, 15) is 22.4 Å². The number of carbonyl (C=O) groups is 1. The molecule has 0 radical (unpaired) electrons. The molecule has 0 saturated heterocycles. The Morgan fingerprint density at radius 1 is 0.886 bits per heavy atom. The number of para-hydroxylation sites is 1. The summed E-state index contributed by atoms with van der Waals surface area (Å²) in [7, 11) is -2.50. The first-order valence-electron chi connectivity index (χ1n) is 10.5. The minimum atomic E-state index is -4.16. The van der Waals surface area contributed by atoms with E-state index < -0.39 is 27.4 Å². The van der Waals surface area contributed by atoms with Gasteiger partial charge in [-0.1, -0.05) is 24.3 Å². The number of nitrogens with zero attached hydrogens (tertiary/aromatic N) is 2. The van der Waals surface area contributed by atoms with Gasteiger partial charge in [0.25, 0.3) is 15.6 Å². The second-order valence-corrected chi connectivity index (χ2v) is 9.34. The van der Waals surface area contributed by atoms with Crippen molar-refractivity contribution >= 4 is 33.1 Å². The van der Waals surface area contributed by atoms with Crippen LogP contribution < -0.4 is 20.9 Å². The average Bonchev–Trinajstić information content (AvgIpc) is 3.04. The van der Waals surface area contributed by atoms with Crippen LogP contribution >= 0.6 is 0 Å². The molecule has 3 aromatic carbocycles. The van der Waals surface area contributed by atoms with Gasteiger partial charge in [-0.2, -0.15) is 0 Å². The second-order valence-electron chi connectivity index (χ2n) is 7.66. The number of sulfonamides is 1. The van der Waals surface area contributed by atoms with Crippen LogP contribution in [0.4, 0.5) is 26.2 Å². The van der Waals surface area contributed by atoms with E-state index in [2.05, 4.69) is 15.4 Å². The lowest BCUT2D eigenvalue weighted by atomic mass is 10.3. The molecule has 4 rings (SSSR count). The van der Waals surface area contributed by atoms with Gasteiger partial charge in [0.15, 0.2) is 0 Å². The van der Waals surface area contributed by atoms with Gasteiger partial charge in [0.05, 0.1) is 16.3 Å². The molecule has 11 heteroatoms. The lowest BCUT2D eigenvalue weighted by molar-refractivity contribution is 0.262. The van der Waals surface area contributed by atoms with Crippen molar-refractivity contribution < 1.29 is 17.6 Å². The molecule has 0 aliphatic carbocycles. The fraction of sp³-hybridized carbons (Fsp3) is 0.0833. The number of halogens is 1. The molecular formula is C24H22FN5O4S. The number of rotatable bonds is 6. The van der Waals surface area contributed by atoms with Crippen molar-refractivity contribution in [2.24, 2.45) is 7.05 Å². The van der Waals surface area contributed by atoms with Gasteiger partial charge < -0.3 is 10.6 Å². The zero-order chi connectivity index (χ0) is 25.2. The number of hydrogen-bond donors (Lipinski definition) is 3. The normalized spacial score (nSPS) is 11.2. The van der Waals surface area contributed by atoms with Crippen molar-refractivity contribution in [2.75, 3.05) is 15.4 Å². The van der Waals surface area contributed by atoms with Gasteiger partial charge in [-0.3, -0.25) is 14.2 Å². The van der Waals surface area contributed by atoms with Crippen molar-refractivity contribution in [1.29, 1.82) is 0 Å². The van der Waals surface area contributed by atoms with E-state index in [-0.39, 0.29) is 16.3 Å². The van der Waals surface area contributed by atoms with Crippen LogP contribution in [0.25, 0.3) is 5.69 Å². The third-order valence-electron chi connectivity index (χ3n) is 5.29. The maximum Gasteiger partial charge on any atom is 0.323 e. The highest BCUT2D eigenvalue weighted by molar-refractivity contribution is 7.92. The van der Waals surface area contributed by atoms with Crippen molar-refractivity contribution in [3.05, 3.63) is 101 Å². The van der Waals surface area contributed by atoms with E-state index in [4.69, 9.17) is 0 Å². The third kappa shape index (κ3) is 5.09. The summed E-state index contributed by atoms with van der Waals surface area (Å²) in [5.41, 5.74) is 0.987. The number of aromatic nitrogens is 2. The molecule has 0 atom stereocenters. The van der Waals surface area contributed by atoms with E-state index in [1.165, 1.54) is 53.2 Å². The van der Waals surface area contributed by atoms with E-state index in [0.717, 1.165) is 0 Å². The molecule has 0 unspecified atom stereocenters. The fourth-order valence-corrected chi connectivity index (χ4v) is 4.61. The van der Waals surface area contributed by atoms with Crippen LogP contribution in [0, 0.1) is 12.7 Å². The maximum atomic E-state index is 13.1. The number of benzene rings is 3. The third-order valence-corrected chi connectivity index (χ3v) is 6.64. The largest absolute Gasteiger partial charge is 0.323 e. The van der Waals surface area contributed by atoms with Crippen molar-refractivity contribution in [2.45, 2.75) is 11.8 Å². The molecule has 0 bridgehead atoms. The summed E-state index contributed by atoms with van der Waals surface area (Å²) in [5.74, 6) is -0.439. The summed E-state index contributed by atoms with van der Waals surface area (Å²) < 4.78 is 44.5. The van der Waals surface area contributed by atoms with Gasteiger partial charge in [0, 0.05) is 18.4 Å². The zero-order valence-corrected chi connectivity index (χ0v) is 19.6. The molecule has 0 saturated carbocycles. The number of urea groups is 1. The molecule has 4 aromatic rings. The fourth-order valence-electron chi connectivity index (χ4n) is 3.45. The van der Waals surface area contributed by atoms with Crippen LogP contribution in [0.3, 0.4) is 0 Å². The molecule has 0 aliphatic rings. The van der Waals surface area contributed by atoms with Crippen LogP contribution in [0.5, 0.6) is 0 Å². The zero-order valence-electron chi connectivity index (χ0n) is 18.8. The average molecular weight is 496 g/mol. The van der Waals surface area contributed by atoms with Gasteiger partial charge in [-0.05, 0) is 61.5 Å². The monoisotopic (exact) mass is 495 g/mol.